The molecule has 1 atom stereocenters. The number of nitrogens with zero attached hydrogens (tertiary/aromatic N) is 5. The third-order valence-corrected chi connectivity index (χ3v) is 5.19. The lowest BCUT2D eigenvalue weighted by Gasteiger charge is -2.34. The number of aromatic nitrogens is 4. The van der Waals surface area contributed by atoms with Crippen LogP contribution in [0.4, 0.5) is 5.82 Å². The molecule has 1 saturated carbocycles. The van der Waals surface area contributed by atoms with Gasteiger partial charge in [-0.3, -0.25) is 0 Å². The molecule has 0 radical (unpaired) electrons. The van der Waals surface area contributed by atoms with E-state index in [1.165, 1.54) is 44.9 Å². The van der Waals surface area contributed by atoms with Gasteiger partial charge in [-0.25, -0.2) is 0 Å². The van der Waals surface area contributed by atoms with Crippen molar-refractivity contribution >= 4 is 11.5 Å². The van der Waals surface area contributed by atoms with E-state index in [9.17, 15) is 0 Å². The van der Waals surface area contributed by atoms with Crippen molar-refractivity contribution in [3.05, 3.63) is 18.0 Å². The molecule has 0 unspecified atom stereocenters. The third-order valence-electron chi connectivity index (χ3n) is 5.19. The molecular formula is C16H23N5. The highest BCUT2D eigenvalue weighted by atomic mass is 15.4. The second-order valence-electron chi connectivity index (χ2n) is 6.51. The number of hydrogen-bond acceptors (Lipinski definition) is 4. The topological polar surface area (TPSA) is 46.3 Å². The zero-order valence-electron chi connectivity index (χ0n) is 12.7. The van der Waals surface area contributed by atoms with E-state index in [1.807, 2.05) is 17.5 Å². The van der Waals surface area contributed by atoms with Crippen LogP contribution in [0, 0.1) is 12.8 Å². The van der Waals surface area contributed by atoms with Crippen LogP contribution in [-0.2, 0) is 0 Å². The third kappa shape index (κ3) is 2.28. The van der Waals surface area contributed by atoms with Gasteiger partial charge in [0, 0.05) is 12.6 Å². The van der Waals surface area contributed by atoms with Crippen LogP contribution in [0.3, 0.4) is 0 Å². The van der Waals surface area contributed by atoms with Gasteiger partial charge in [0.25, 0.3) is 0 Å². The van der Waals surface area contributed by atoms with E-state index in [-0.39, 0.29) is 0 Å². The molecule has 2 aliphatic rings. The molecule has 2 aromatic rings. The fourth-order valence-corrected chi connectivity index (χ4v) is 4.13. The highest BCUT2D eigenvalue weighted by Gasteiger charge is 2.33. The van der Waals surface area contributed by atoms with Crippen LogP contribution in [0.15, 0.2) is 12.1 Å². The van der Waals surface area contributed by atoms with Gasteiger partial charge >= 0.3 is 0 Å². The quantitative estimate of drug-likeness (QED) is 0.851. The minimum absolute atomic E-state index is 0.687. The van der Waals surface area contributed by atoms with E-state index in [0.29, 0.717) is 6.04 Å². The Bertz CT molecular complexity index is 629. The Kier molecular flexibility index (Phi) is 3.28. The van der Waals surface area contributed by atoms with E-state index >= 15 is 0 Å². The Morgan fingerprint density at radius 1 is 1.00 bits per heavy atom. The Morgan fingerprint density at radius 2 is 1.86 bits per heavy atom. The van der Waals surface area contributed by atoms with E-state index in [4.69, 9.17) is 5.10 Å². The van der Waals surface area contributed by atoms with Crippen LogP contribution in [0.1, 0.15) is 50.8 Å². The van der Waals surface area contributed by atoms with Gasteiger partial charge in [-0.05, 0) is 50.7 Å². The normalized spacial score (nSPS) is 24.0. The van der Waals surface area contributed by atoms with E-state index in [0.717, 1.165) is 29.8 Å². The van der Waals surface area contributed by atoms with Crippen molar-refractivity contribution in [3.63, 3.8) is 0 Å². The van der Waals surface area contributed by atoms with Gasteiger partial charge in [0.2, 0.25) is 0 Å². The second kappa shape index (κ2) is 5.28. The Labute approximate surface area is 125 Å². The van der Waals surface area contributed by atoms with Crippen molar-refractivity contribution < 1.29 is 0 Å². The molecule has 2 aromatic heterocycles. The number of rotatable bonds is 2. The Balaban J connectivity index is 1.64. The second-order valence-corrected chi connectivity index (χ2v) is 6.51. The largest absolute Gasteiger partial charge is 0.352 e. The molecule has 1 aliphatic heterocycles. The maximum atomic E-state index is 4.78. The van der Waals surface area contributed by atoms with Crippen LogP contribution in [0.5, 0.6) is 0 Å². The first-order valence-corrected chi connectivity index (χ1v) is 8.28. The van der Waals surface area contributed by atoms with Gasteiger partial charge in [0.15, 0.2) is 11.5 Å². The lowest BCUT2D eigenvalue weighted by molar-refractivity contribution is 0.304. The summed E-state index contributed by atoms with van der Waals surface area (Å²) in [6.07, 6.45) is 9.66. The van der Waals surface area contributed by atoms with Gasteiger partial charge in [0.05, 0.1) is 0 Å². The van der Waals surface area contributed by atoms with Crippen molar-refractivity contribution in [2.45, 2.75) is 57.9 Å². The van der Waals surface area contributed by atoms with Crippen LogP contribution in [0.2, 0.25) is 0 Å². The first-order chi connectivity index (χ1) is 10.3. The fourth-order valence-electron chi connectivity index (χ4n) is 4.13. The lowest BCUT2D eigenvalue weighted by atomic mass is 9.83. The molecule has 0 spiro atoms. The maximum Gasteiger partial charge on any atom is 0.178 e. The Hall–Kier alpha value is -1.65. The monoisotopic (exact) mass is 285 g/mol. The maximum absolute atomic E-state index is 4.78. The minimum Gasteiger partial charge on any atom is -0.352 e. The molecule has 5 heteroatoms. The molecule has 21 heavy (non-hydrogen) atoms. The summed E-state index contributed by atoms with van der Waals surface area (Å²) in [6, 6.07) is 4.84. The first kappa shape index (κ1) is 13.0. The van der Waals surface area contributed by atoms with Crippen molar-refractivity contribution in [3.8, 4) is 0 Å². The van der Waals surface area contributed by atoms with Gasteiger partial charge in [0.1, 0.15) is 5.82 Å². The standard InChI is InChI=1S/C16H23N5/c1-12-17-18-15-9-10-16(19-21(12)15)20-11-5-8-14(20)13-6-3-2-4-7-13/h9-10,13-14H,2-8,11H2,1H3/t14-/m0/s1. The summed E-state index contributed by atoms with van der Waals surface area (Å²) in [4.78, 5) is 2.54. The van der Waals surface area contributed by atoms with Crippen LogP contribution in [0.25, 0.3) is 5.65 Å². The molecular weight excluding hydrogens is 262 g/mol. The predicted molar refractivity (Wildman–Crippen MR) is 82.5 cm³/mol. The summed E-state index contributed by atoms with van der Waals surface area (Å²) in [5, 5.41) is 13.0. The highest BCUT2D eigenvalue weighted by Crippen LogP contribution is 2.36. The molecule has 3 heterocycles. The molecule has 0 N–H and O–H groups in total. The summed E-state index contributed by atoms with van der Waals surface area (Å²) < 4.78 is 1.87. The summed E-state index contributed by atoms with van der Waals surface area (Å²) in [6.45, 7) is 3.10. The number of anilines is 1. The average Bonchev–Trinajstić information content (AvgIpc) is 3.15. The molecule has 0 bridgehead atoms. The number of hydrogen-bond donors (Lipinski definition) is 0. The van der Waals surface area contributed by atoms with Crippen molar-refractivity contribution in [1.29, 1.82) is 0 Å². The predicted octanol–water partition coefficient (Wildman–Crippen LogP) is 2.98. The van der Waals surface area contributed by atoms with Crippen molar-refractivity contribution in [2.75, 3.05) is 11.4 Å². The lowest BCUT2D eigenvalue weighted by Crippen LogP contribution is -2.37. The van der Waals surface area contributed by atoms with Crippen molar-refractivity contribution in [2.24, 2.45) is 5.92 Å². The molecule has 5 nitrogen and oxygen atoms in total. The van der Waals surface area contributed by atoms with Crippen LogP contribution in [-0.4, -0.2) is 32.4 Å². The minimum atomic E-state index is 0.687. The fraction of sp³-hybridized carbons (Fsp3) is 0.688. The molecule has 1 saturated heterocycles. The SMILES string of the molecule is Cc1nnc2ccc(N3CCC[C@H]3C3CCCCC3)nn12. The summed E-state index contributed by atoms with van der Waals surface area (Å²) >= 11 is 0. The van der Waals surface area contributed by atoms with E-state index < -0.39 is 0 Å². The Morgan fingerprint density at radius 3 is 2.71 bits per heavy atom. The van der Waals surface area contributed by atoms with Crippen LogP contribution >= 0.6 is 0 Å². The smallest absolute Gasteiger partial charge is 0.178 e. The van der Waals surface area contributed by atoms with Gasteiger partial charge in [-0.2, -0.15) is 4.52 Å². The van der Waals surface area contributed by atoms with Gasteiger partial charge < -0.3 is 4.90 Å². The summed E-state index contributed by atoms with van der Waals surface area (Å²) in [7, 11) is 0. The highest BCUT2D eigenvalue weighted by molar-refractivity contribution is 5.47. The van der Waals surface area contributed by atoms with Gasteiger partial charge in [-0.1, -0.05) is 19.3 Å². The zero-order chi connectivity index (χ0) is 14.2. The zero-order valence-corrected chi connectivity index (χ0v) is 12.7. The first-order valence-electron chi connectivity index (χ1n) is 8.28. The molecule has 0 amide bonds. The average molecular weight is 285 g/mol. The molecule has 2 fully saturated rings. The summed E-state index contributed by atoms with van der Waals surface area (Å²) in [5.74, 6) is 2.82. The molecule has 4 rings (SSSR count). The van der Waals surface area contributed by atoms with Crippen molar-refractivity contribution in [1.82, 2.24) is 19.8 Å². The molecule has 112 valence electrons. The summed E-state index contributed by atoms with van der Waals surface area (Å²) in [5.41, 5.74) is 0.838. The van der Waals surface area contributed by atoms with E-state index in [1.54, 1.807) is 0 Å². The van der Waals surface area contributed by atoms with Gasteiger partial charge in [-0.15, -0.1) is 15.3 Å². The number of aryl methyl sites for hydroxylation is 1. The molecule has 0 aromatic carbocycles. The van der Waals surface area contributed by atoms with Crippen LogP contribution < -0.4 is 4.90 Å². The molecule has 1 aliphatic carbocycles. The number of fused-ring (bicyclic) bond motifs is 1. The van der Waals surface area contributed by atoms with E-state index in [2.05, 4.69) is 21.2 Å².